The molecule has 0 unspecified atom stereocenters. The highest BCUT2D eigenvalue weighted by Gasteiger charge is 2.08. The number of hydrogen-bond donors (Lipinski definition) is 2. The van der Waals surface area contributed by atoms with Crippen LogP contribution in [0.15, 0.2) is 36.5 Å². The average Bonchev–Trinajstić information content (AvgIpc) is 2.94. The van der Waals surface area contributed by atoms with Crippen molar-refractivity contribution in [3.63, 3.8) is 0 Å². The molecule has 0 saturated carbocycles. The summed E-state index contributed by atoms with van der Waals surface area (Å²) in [5, 5.41) is 7.38. The third-order valence-electron chi connectivity index (χ3n) is 3.51. The predicted molar refractivity (Wildman–Crippen MR) is 96.3 cm³/mol. The zero-order valence-electron chi connectivity index (χ0n) is 13.5. The number of rotatable bonds is 8. The zero-order valence-corrected chi connectivity index (χ0v) is 14.3. The lowest BCUT2D eigenvalue weighted by atomic mass is 10.1. The number of carbonyl (C=O) groups excluding carboxylic acids is 1. The average molecular weight is 337 g/mol. The number of nitrogens with two attached hydrogens (primary N) is 1. The third kappa shape index (κ3) is 6.04. The van der Waals surface area contributed by atoms with Crippen molar-refractivity contribution in [3.05, 3.63) is 42.2 Å². The molecule has 6 heteroatoms. The molecule has 0 aliphatic heterocycles. The molecular formula is C17H25ClN4O. The van der Waals surface area contributed by atoms with Crippen LogP contribution in [0.3, 0.4) is 0 Å². The number of nitrogens with one attached hydrogen (secondary N) is 1. The van der Waals surface area contributed by atoms with Crippen molar-refractivity contribution in [3.8, 4) is 5.69 Å². The summed E-state index contributed by atoms with van der Waals surface area (Å²) in [6, 6.07) is 9.64. The molecule has 1 amide bonds. The van der Waals surface area contributed by atoms with Gasteiger partial charge in [-0.15, -0.1) is 12.4 Å². The summed E-state index contributed by atoms with van der Waals surface area (Å²) in [6.45, 7) is 2.67. The Bertz CT molecular complexity index is 612. The van der Waals surface area contributed by atoms with Crippen LogP contribution in [0.1, 0.15) is 37.8 Å². The zero-order chi connectivity index (χ0) is 15.8. The Morgan fingerprint density at radius 1 is 1.17 bits per heavy atom. The van der Waals surface area contributed by atoms with E-state index in [1.807, 2.05) is 43.5 Å². The summed E-state index contributed by atoms with van der Waals surface area (Å²) in [6.07, 6.45) is 6.50. The molecule has 23 heavy (non-hydrogen) atoms. The van der Waals surface area contributed by atoms with E-state index < -0.39 is 0 Å². The third-order valence-corrected chi connectivity index (χ3v) is 3.51. The molecule has 2 aromatic rings. The molecule has 0 bridgehead atoms. The normalized spacial score (nSPS) is 10.2. The number of anilines is 1. The number of aryl methyl sites for hydroxylation is 1. The van der Waals surface area contributed by atoms with Crippen LogP contribution in [0, 0.1) is 6.92 Å². The maximum Gasteiger partial charge on any atom is 0.224 e. The summed E-state index contributed by atoms with van der Waals surface area (Å²) in [4.78, 5) is 12.1. The Hall–Kier alpha value is -1.85. The predicted octanol–water partition coefficient (Wildman–Crippen LogP) is 3.45. The van der Waals surface area contributed by atoms with Crippen molar-refractivity contribution in [1.82, 2.24) is 9.78 Å². The van der Waals surface area contributed by atoms with E-state index in [0.29, 0.717) is 6.42 Å². The number of hydrogen-bond acceptors (Lipinski definition) is 3. The van der Waals surface area contributed by atoms with Crippen molar-refractivity contribution in [2.45, 2.75) is 39.0 Å². The lowest BCUT2D eigenvalue weighted by Crippen LogP contribution is -2.13. The highest BCUT2D eigenvalue weighted by atomic mass is 35.5. The van der Waals surface area contributed by atoms with Crippen LogP contribution >= 0.6 is 12.4 Å². The summed E-state index contributed by atoms with van der Waals surface area (Å²) in [7, 11) is 0. The van der Waals surface area contributed by atoms with Gasteiger partial charge in [0.05, 0.1) is 17.1 Å². The quantitative estimate of drug-likeness (QED) is 0.725. The maximum absolute atomic E-state index is 12.1. The summed E-state index contributed by atoms with van der Waals surface area (Å²) >= 11 is 0. The number of carbonyl (C=O) groups is 1. The van der Waals surface area contributed by atoms with E-state index >= 15 is 0 Å². The fraction of sp³-hybridized carbons (Fsp3) is 0.412. The molecule has 1 heterocycles. The first kappa shape index (κ1) is 19.2. The van der Waals surface area contributed by atoms with Gasteiger partial charge < -0.3 is 11.1 Å². The van der Waals surface area contributed by atoms with Crippen molar-refractivity contribution < 1.29 is 4.79 Å². The van der Waals surface area contributed by atoms with Gasteiger partial charge >= 0.3 is 0 Å². The van der Waals surface area contributed by atoms with E-state index in [9.17, 15) is 4.79 Å². The highest BCUT2D eigenvalue weighted by Crippen LogP contribution is 2.20. The molecule has 0 spiro atoms. The number of halogens is 1. The number of nitrogens with zero attached hydrogens (tertiary/aromatic N) is 2. The van der Waals surface area contributed by atoms with Gasteiger partial charge in [-0.1, -0.05) is 25.0 Å². The summed E-state index contributed by atoms with van der Waals surface area (Å²) < 4.78 is 1.78. The summed E-state index contributed by atoms with van der Waals surface area (Å²) in [5.41, 5.74) is 8.08. The Morgan fingerprint density at radius 3 is 2.61 bits per heavy atom. The molecule has 3 N–H and O–H groups in total. The van der Waals surface area contributed by atoms with Crippen LogP contribution in [0.2, 0.25) is 0 Å². The molecule has 0 saturated heterocycles. The molecule has 0 atom stereocenters. The molecule has 1 aromatic carbocycles. The van der Waals surface area contributed by atoms with Crippen LogP contribution in [0.5, 0.6) is 0 Å². The second-order valence-electron chi connectivity index (χ2n) is 5.42. The molecule has 0 aliphatic carbocycles. The van der Waals surface area contributed by atoms with Crippen molar-refractivity contribution in [1.29, 1.82) is 0 Å². The van der Waals surface area contributed by atoms with E-state index in [2.05, 4.69) is 10.4 Å². The Balaban J connectivity index is 0.00000264. The van der Waals surface area contributed by atoms with Crippen molar-refractivity contribution >= 4 is 24.0 Å². The minimum Gasteiger partial charge on any atom is -0.330 e. The van der Waals surface area contributed by atoms with Crippen LogP contribution < -0.4 is 11.1 Å². The van der Waals surface area contributed by atoms with Gasteiger partial charge in [-0.05, 0) is 44.5 Å². The van der Waals surface area contributed by atoms with Gasteiger partial charge in [-0.25, -0.2) is 4.68 Å². The first-order valence-corrected chi connectivity index (χ1v) is 7.82. The largest absolute Gasteiger partial charge is 0.330 e. The van der Waals surface area contributed by atoms with Crippen molar-refractivity contribution in [2.75, 3.05) is 11.9 Å². The standard InChI is InChI=1S/C17H24N4O.ClH/c1-14-11-13-21(20-14)16-9-6-5-8-15(16)19-17(22)10-4-2-3-7-12-18;/h5-6,8-9,11,13H,2-4,7,10,12,18H2,1H3,(H,19,22);1H. The molecule has 5 nitrogen and oxygen atoms in total. The van der Waals surface area contributed by atoms with E-state index in [1.165, 1.54) is 0 Å². The van der Waals surface area contributed by atoms with E-state index in [1.54, 1.807) is 4.68 Å². The fourth-order valence-electron chi connectivity index (χ4n) is 2.32. The Kier molecular flexibility index (Phi) is 8.37. The lowest BCUT2D eigenvalue weighted by molar-refractivity contribution is -0.116. The first-order chi connectivity index (χ1) is 10.7. The van der Waals surface area contributed by atoms with Gasteiger partial charge in [0.1, 0.15) is 0 Å². The SMILES string of the molecule is Cc1ccn(-c2ccccc2NC(=O)CCCCCCN)n1.Cl. The summed E-state index contributed by atoms with van der Waals surface area (Å²) in [5.74, 6) is 0.0454. The van der Waals surface area contributed by atoms with Crippen LogP contribution in [-0.2, 0) is 4.79 Å². The molecule has 0 fully saturated rings. The van der Waals surface area contributed by atoms with Gasteiger partial charge in [0.25, 0.3) is 0 Å². The van der Waals surface area contributed by atoms with E-state index in [4.69, 9.17) is 5.73 Å². The van der Waals surface area contributed by atoms with Gasteiger partial charge in [0, 0.05) is 12.6 Å². The lowest BCUT2D eigenvalue weighted by Gasteiger charge is -2.11. The van der Waals surface area contributed by atoms with Crippen LogP contribution in [-0.4, -0.2) is 22.2 Å². The van der Waals surface area contributed by atoms with Gasteiger partial charge in [-0.3, -0.25) is 4.79 Å². The number of unbranched alkanes of at least 4 members (excludes halogenated alkanes) is 3. The molecular weight excluding hydrogens is 312 g/mol. The first-order valence-electron chi connectivity index (χ1n) is 7.82. The number of aromatic nitrogens is 2. The monoisotopic (exact) mass is 336 g/mol. The highest BCUT2D eigenvalue weighted by molar-refractivity contribution is 5.92. The number of amides is 1. The molecule has 2 rings (SSSR count). The topological polar surface area (TPSA) is 72.9 Å². The smallest absolute Gasteiger partial charge is 0.224 e. The van der Waals surface area contributed by atoms with Gasteiger partial charge in [0.2, 0.25) is 5.91 Å². The minimum absolute atomic E-state index is 0. The second kappa shape index (κ2) is 10.0. The van der Waals surface area contributed by atoms with Gasteiger partial charge in [0.15, 0.2) is 0 Å². The van der Waals surface area contributed by atoms with Crippen LogP contribution in [0.25, 0.3) is 5.69 Å². The maximum atomic E-state index is 12.1. The number of para-hydroxylation sites is 2. The Morgan fingerprint density at radius 2 is 1.91 bits per heavy atom. The molecule has 0 aliphatic rings. The molecule has 1 aromatic heterocycles. The molecule has 126 valence electrons. The molecule has 0 radical (unpaired) electrons. The minimum atomic E-state index is 0. The second-order valence-corrected chi connectivity index (χ2v) is 5.42. The Labute approximate surface area is 143 Å². The van der Waals surface area contributed by atoms with E-state index in [-0.39, 0.29) is 18.3 Å². The van der Waals surface area contributed by atoms with Crippen LogP contribution in [0.4, 0.5) is 5.69 Å². The fourth-order valence-corrected chi connectivity index (χ4v) is 2.32. The van der Waals surface area contributed by atoms with E-state index in [0.717, 1.165) is 49.3 Å². The number of benzene rings is 1. The van der Waals surface area contributed by atoms with Gasteiger partial charge in [-0.2, -0.15) is 5.10 Å². The van der Waals surface area contributed by atoms with Crippen molar-refractivity contribution in [2.24, 2.45) is 5.73 Å².